The van der Waals surface area contributed by atoms with Crippen molar-refractivity contribution in [2.45, 2.75) is 19.8 Å². The van der Waals surface area contributed by atoms with Gasteiger partial charge in [0.2, 0.25) is 0 Å². The molecule has 0 amide bonds. The highest BCUT2D eigenvalue weighted by molar-refractivity contribution is 5.98. The number of benzene rings is 1. The van der Waals surface area contributed by atoms with E-state index in [1.165, 1.54) is 0 Å². The molecular weight excluding hydrogens is 148 g/mol. The number of nitrogens with two attached hydrogens (primary N) is 1. The minimum atomic E-state index is 0.692. The van der Waals surface area contributed by atoms with Gasteiger partial charge in [-0.25, -0.2) is 0 Å². The molecule has 0 aliphatic rings. The summed E-state index contributed by atoms with van der Waals surface area (Å²) in [5, 5.41) is 7.66. The zero-order chi connectivity index (χ0) is 8.97. The molecule has 1 rings (SSSR count). The average Bonchev–Trinajstić information content (AvgIpc) is 2.06. The maximum absolute atomic E-state index is 7.66. The Kier molecular flexibility index (Phi) is 2.86. The second-order valence-corrected chi connectivity index (χ2v) is 2.85. The van der Waals surface area contributed by atoms with Gasteiger partial charge in [-0.1, -0.05) is 25.5 Å². The Balaban J connectivity index is 2.75. The van der Waals surface area contributed by atoms with Gasteiger partial charge in [-0.2, -0.15) is 0 Å². The molecule has 0 saturated heterocycles. The van der Waals surface area contributed by atoms with E-state index in [4.69, 9.17) is 11.1 Å². The number of nitrogens with one attached hydrogen (secondary N) is 1. The first-order valence-electron chi connectivity index (χ1n) is 4.17. The van der Waals surface area contributed by atoms with Crippen molar-refractivity contribution in [3.05, 3.63) is 29.8 Å². The van der Waals surface area contributed by atoms with Crippen LogP contribution < -0.4 is 5.73 Å². The minimum Gasteiger partial charge on any atom is -0.399 e. The van der Waals surface area contributed by atoms with E-state index in [1.54, 1.807) is 0 Å². The van der Waals surface area contributed by atoms with Crippen LogP contribution in [0.2, 0.25) is 0 Å². The Morgan fingerprint density at radius 3 is 2.42 bits per heavy atom. The van der Waals surface area contributed by atoms with Crippen LogP contribution >= 0.6 is 0 Å². The van der Waals surface area contributed by atoms with Crippen molar-refractivity contribution in [2.24, 2.45) is 0 Å². The highest BCUT2D eigenvalue weighted by atomic mass is 14.5. The Morgan fingerprint density at radius 2 is 1.92 bits per heavy atom. The van der Waals surface area contributed by atoms with Crippen LogP contribution in [0.3, 0.4) is 0 Å². The third-order valence-corrected chi connectivity index (χ3v) is 1.76. The highest BCUT2D eigenvalue weighted by Crippen LogP contribution is 2.08. The predicted molar refractivity (Wildman–Crippen MR) is 52.6 cm³/mol. The van der Waals surface area contributed by atoms with Gasteiger partial charge in [0, 0.05) is 11.4 Å². The monoisotopic (exact) mass is 162 g/mol. The van der Waals surface area contributed by atoms with E-state index in [-0.39, 0.29) is 0 Å². The van der Waals surface area contributed by atoms with E-state index in [1.807, 2.05) is 24.3 Å². The number of hydrogen-bond donors (Lipinski definition) is 2. The second-order valence-electron chi connectivity index (χ2n) is 2.85. The topological polar surface area (TPSA) is 49.9 Å². The summed E-state index contributed by atoms with van der Waals surface area (Å²) < 4.78 is 0. The van der Waals surface area contributed by atoms with Gasteiger partial charge in [-0.05, 0) is 24.1 Å². The van der Waals surface area contributed by atoms with Crippen LogP contribution in [0.25, 0.3) is 0 Å². The van der Waals surface area contributed by atoms with Gasteiger partial charge < -0.3 is 11.1 Å². The predicted octanol–water partition coefficient (Wildman–Crippen LogP) is 2.44. The maximum atomic E-state index is 7.66. The van der Waals surface area contributed by atoms with E-state index >= 15 is 0 Å². The fourth-order valence-corrected chi connectivity index (χ4v) is 1.08. The summed E-state index contributed by atoms with van der Waals surface area (Å²) >= 11 is 0. The molecule has 0 bridgehead atoms. The third kappa shape index (κ3) is 2.09. The molecule has 0 aromatic heterocycles. The molecule has 1 aromatic rings. The first-order chi connectivity index (χ1) is 5.74. The summed E-state index contributed by atoms with van der Waals surface area (Å²) in [4.78, 5) is 0. The van der Waals surface area contributed by atoms with Gasteiger partial charge in [0.25, 0.3) is 0 Å². The molecule has 0 aliphatic heterocycles. The molecule has 0 aliphatic carbocycles. The van der Waals surface area contributed by atoms with Crippen molar-refractivity contribution in [1.82, 2.24) is 0 Å². The maximum Gasteiger partial charge on any atom is 0.0386 e. The number of anilines is 1. The minimum absolute atomic E-state index is 0.692. The van der Waals surface area contributed by atoms with Crippen LogP contribution in [0, 0.1) is 5.41 Å². The van der Waals surface area contributed by atoms with Gasteiger partial charge in [-0.3, -0.25) is 0 Å². The van der Waals surface area contributed by atoms with Crippen LogP contribution in [0.15, 0.2) is 24.3 Å². The number of hydrogen-bond acceptors (Lipinski definition) is 2. The van der Waals surface area contributed by atoms with Crippen LogP contribution in [-0.2, 0) is 0 Å². The van der Waals surface area contributed by atoms with Gasteiger partial charge in [0.15, 0.2) is 0 Å². The second kappa shape index (κ2) is 3.90. The van der Waals surface area contributed by atoms with Gasteiger partial charge >= 0.3 is 0 Å². The summed E-state index contributed by atoms with van der Waals surface area (Å²) in [5.41, 5.74) is 7.95. The van der Waals surface area contributed by atoms with Crippen molar-refractivity contribution in [3.63, 3.8) is 0 Å². The first-order valence-corrected chi connectivity index (χ1v) is 4.17. The normalized spacial score (nSPS) is 9.75. The van der Waals surface area contributed by atoms with Gasteiger partial charge in [0.1, 0.15) is 0 Å². The van der Waals surface area contributed by atoms with Crippen molar-refractivity contribution in [1.29, 1.82) is 5.41 Å². The van der Waals surface area contributed by atoms with Crippen LogP contribution in [-0.4, -0.2) is 5.71 Å². The van der Waals surface area contributed by atoms with E-state index in [0.29, 0.717) is 5.71 Å². The van der Waals surface area contributed by atoms with Crippen molar-refractivity contribution in [3.8, 4) is 0 Å². The SMILES string of the molecule is CCCC(=N)c1ccc(N)cc1. The van der Waals surface area contributed by atoms with Gasteiger partial charge in [0.05, 0.1) is 0 Å². The third-order valence-electron chi connectivity index (χ3n) is 1.76. The van der Waals surface area contributed by atoms with E-state index in [9.17, 15) is 0 Å². The summed E-state index contributed by atoms with van der Waals surface area (Å²) in [7, 11) is 0. The molecule has 0 spiro atoms. The highest BCUT2D eigenvalue weighted by Gasteiger charge is 1.98. The Labute approximate surface area is 72.9 Å². The molecule has 2 nitrogen and oxygen atoms in total. The zero-order valence-corrected chi connectivity index (χ0v) is 7.30. The lowest BCUT2D eigenvalue weighted by atomic mass is 10.1. The summed E-state index contributed by atoms with van der Waals surface area (Å²) in [6.45, 7) is 2.08. The van der Waals surface area contributed by atoms with Gasteiger partial charge in [-0.15, -0.1) is 0 Å². The smallest absolute Gasteiger partial charge is 0.0386 e. The largest absolute Gasteiger partial charge is 0.399 e. The standard InChI is InChI=1S/C10H14N2/c1-2-3-10(12)8-4-6-9(11)7-5-8/h4-7,12H,2-3,11H2,1H3. The Bertz CT molecular complexity index is 262. The summed E-state index contributed by atoms with van der Waals surface area (Å²) in [6.07, 6.45) is 1.85. The molecule has 3 N–H and O–H groups in total. The fraction of sp³-hybridized carbons (Fsp3) is 0.300. The van der Waals surface area contributed by atoms with Crippen LogP contribution in [0.1, 0.15) is 25.3 Å². The molecule has 0 fully saturated rings. The molecule has 12 heavy (non-hydrogen) atoms. The van der Waals surface area contributed by atoms with E-state index in [0.717, 1.165) is 24.1 Å². The molecule has 0 radical (unpaired) electrons. The Morgan fingerprint density at radius 1 is 1.33 bits per heavy atom. The lowest BCUT2D eigenvalue weighted by molar-refractivity contribution is 0.986. The molecule has 2 heteroatoms. The lowest BCUT2D eigenvalue weighted by Crippen LogP contribution is -1.97. The van der Waals surface area contributed by atoms with Crippen LogP contribution in [0.5, 0.6) is 0 Å². The fourth-order valence-electron chi connectivity index (χ4n) is 1.08. The summed E-state index contributed by atoms with van der Waals surface area (Å²) in [6, 6.07) is 7.46. The molecule has 64 valence electrons. The molecule has 0 saturated carbocycles. The molecule has 0 unspecified atom stereocenters. The van der Waals surface area contributed by atoms with Crippen molar-refractivity contribution in [2.75, 3.05) is 5.73 Å². The van der Waals surface area contributed by atoms with E-state index < -0.39 is 0 Å². The van der Waals surface area contributed by atoms with E-state index in [2.05, 4.69) is 6.92 Å². The zero-order valence-electron chi connectivity index (χ0n) is 7.30. The molecular formula is C10H14N2. The molecule has 1 aromatic carbocycles. The molecule has 0 heterocycles. The lowest BCUT2D eigenvalue weighted by Gasteiger charge is -2.01. The quantitative estimate of drug-likeness (QED) is 0.520. The Hall–Kier alpha value is -1.31. The van der Waals surface area contributed by atoms with Crippen LogP contribution in [0.4, 0.5) is 5.69 Å². The van der Waals surface area contributed by atoms with Crippen molar-refractivity contribution >= 4 is 11.4 Å². The number of nitrogen functional groups attached to an aromatic ring is 1. The first kappa shape index (κ1) is 8.78. The van der Waals surface area contributed by atoms with Crippen molar-refractivity contribution < 1.29 is 0 Å². The number of rotatable bonds is 3. The summed E-state index contributed by atoms with van der Waals surface area (Å²) in [5.74, 6) is 0. The molecule has 0 atom stereocenters. The average molecular weight is 162 g/mol.